The van der Waals surface area contributed by atoms with Crippen LogP contribution in [0.2, 0.25) is 5.02 Å². The molecule has 1 atom stereocenters. The second-order valence-electron chi connectivity index (χ2n) is 5.88. The van der Waals surface area contributed by atoms with Crippen LogP contribution in [-0.4, -0.2) is 19.2 Å². The first kappa shape index (κ1) is 18.0. The summed E-state index contributed by atoms with van der Waals surface area (Å²) < 4.78 is 16.3. The van der Waals surface area contributed by atoms with E-state index in [-0.39, 0.29) is 16.9 Å². The second-order valence-corrected chi connectivity index (χ2v) is 6.32. The maximum atomic E-state index is 13.0. The first-order valence-corrected chi connectivity index (χ1v) is 8.36. The van der Waals surface area contributed by atoms with Crippen molar-refractivity contribution in [3.63, 3.8) is 0 Å². The van der Waals surface area contributed by atoms with Crippen LogP contribution in [0.3, 0.4) is 0 Å². The molecule has 1 heterocycles. The van der Waals surface area contributed by atoms with Gasteiger partial charge in [-0.3, -0.25) is 4.79 Å². The predicted octanol–water partition coefficient (Wildman–Crippen LogP) is 4.36. The lowest BCUT2D eigenvalue weighted by molar-refractivity contribution is -0.147. The van der Waals surface area contributed by atoms with Crippen LogP contribution in [0.5, 0.6) is 5.75 Å². The maximum absolute atomic E-state index is 13.0. The number of halogens is 1. The minimum absolute atomic E-state index is 0.0402. The quantitative estimate of drug-likeness (QED) is 0.636. The number of fused-ring (bicyclic) bond motifs is 1. The van der Waals surface area contributed by atoms with Crippen molar-refractivity contribution in [1.29, 1.82) is 0 Å². The van der Waals surface area contributed by atoms with Crippen LogP contribution in [0.4, 0.5) is 0 Å². The molecular weight excluding hydrogens is 356 g/mol. The Labute approximate surface area is 155 Å². The predicted molar refractivity (Wildman–Crippen MR) is 99.8 cm³/mol. The van der Waals surface area contributed by atoms with Gasteiger partial charge in [-0.25, -0.2) is 4.79 Å². The van der Waals surface area contributed by atoms with Gasteiger partial charge < -0.3 is 13.9 Å². The van der Waals surface area contributed by atoms with Gasteiger partial charge >= 0.3 is 5.97 Å². The minimum atomic E-state index is -0.961. The Bertz CT molecular complexity index is 1020. The zero-order valence-corrected chi connectivity index (χ0v) is 15.3. The summed E-state index contributed by atoms with van der Waals surface area (Å²) in [5, 5.41) is 0.929. The van der Waals surface area contributed by atoms with Crippen LogP contribution in [0.1, 0.15) is 12.5 Å². The van der Waals surface area contributed by atoms with Crippen LogP contribution < -0.4 is 10.2 Å². The van der Waals surface area contributed by atoms with Gasteiger partial charge in [0, 0.05) is 10.6 Å². The van der Waals surface area contributed by atoms with Crippen molar-refractivity contribution < 1.29 is 18.7 Å². The molecule has 0 saturated heterocycles. The summed E-state index contributed by atoms with van der Waals surface area (Å²) in [4.78, 5) is 24.7. The standard InChI is InChI=1S/C20H17ClO5/c1-11-4-9-15-16(10-11)26-18(13-5-7-14(21)8-6-13)19(17(15)22)25-12(2)20(23)24-3/h4-10,12H,1-3H3. The third kappa shape index (κ3) is 3.44. The van der Waals surface area contributed by atoms with Gasteiger partial charge in [0.15, 0.2) is 11.9 Å². The number of esters is 1. The van der Waals surface area contributed by atoms with Crippen molar-refractivity contribution in [2.24, 2.45) is 0 Å². The minimum Gasteiger partial charge on any atom is -0.471 e. The van der Waals surface area contributed by atoms with Crippen LogP contribution in [0.15, 0.2) is 51.7 Å². The van der Waals surface area contributed by atoms with E-state index in [4.69, 9.17) is 20.8 Å². The Kier molecular flexibility index (Phi) is 5.00. The third-order valence-corrected chi connectivity index (χ3v) is 4.19. The first-order valence-electron chi connectivity index (χ1n) is 7.98. The zero-order chi connectivity index (χ0) is 18.8. The van der Waals surface area contributed by atoms with Gasteiger partial charge in [-0.15, -0.1) is 0 Å². The Balaban J connectivity index is 2.25. The van der Waals surface area contributed by atoms with Gasteiger partial charge in [-0.05, 0) is 55.8 Å². The average Bonchev–Trinajstić information content (AvgIpc) is 2.63. The van der Waals surface area contributed by atoms with E-state index in [2.05, 4.69) is 4.74 Å². The molecule has 0 aliphatic carbocycles. The molecule has 1 aromatic heterocycles. The summed E-state index contributed by atoms with van der Waals surface area (Å²) in [7, 11) is 1.26. The summed E-state index contributed by atoms with van der Waals surface area (Å²) in [6.07, 6.45) is -0.961. The van der Waals surface area contributed by atoms with Crippen molar-refractivity contribution in [2.45, 2.75) is 20.0 Å². The number of rotatable bonds is 4. The fraction of sp³-hybridized carbons (Fsp3) is 0.200. The van der Waals surface area contributed by atoms with Crippen LogP contribution in [0, 0.1) is 6.92 Å². The SMILES string of the molecule is COC(=O)C(C)Oc1c(-c2ccc(Cl)cc2)oc2cc(C)ccc2c1=O. The van der Waals surface area contributed by atoms with E-state index >= 15 is 0 Å². The fourth-order valence-corrected chi connectivity index (χ4v) is 2.70. The highest BCUT2D eigenvalue weighted by Crippen LogP contribution is 2.32. The Morgan fingerprint density at radius 1 is 1.15 bits per heavy atom. The normalized spacial score (nSPS) is 12.0. The molecule has 0 amide bonds. The summed E-state index contributed by atoms with van der Waals surface area (Å²) >= 11 is 5.95. The van der Waals surface area contributed by atoms with Gasteiger partial charge in [0.2, 0.25) is 11.2 Å². The van der Waals surface area contributed by atoms with Crippen molar-refractivity contribution in [2.75, 3.05) is 7.11 Å². The highest BCUT2D eigenvalue weighted by molar-refractivity contribution is 6.30. The molecular formula is C20H17ClO5. The van der Waals surface area contributed by atoms with Crippen LogP contribution >= 0.6 is 11.6 Å². The van der Waals surface area contributed by atoms with E-state index in [0.29, 0.717) is 21.6 Å². The number of methoxy groups -OCH3 is 1. The van der Waals surface area contributed by atoms with Crippen LogP contribution in [-0.2, 0) is 9.53 Å². The number of hydrogen-bond acceptors (Lipinski definition) is 5. The third-order valence-electron chi connectivity index (χ3n) is 3.94. The second kappa shape index (κ2) is 7.22. The Morgan fingerprint density at radius 2 is 1.85 bits per heavy atom. The van der Waals surface area contributed by atoms with Gasteiger partial charge in [-0.1, -0.05) is 17.7 Å². The van der Waals surface area contributed by atoms with E-state index in [0.717, 1.165) is 5.56 Å². The Morgan fingerprint density at radius 3 is 2.50 bits per heavy atom. The van der Waals surface area contributed by atoms with E-state index in [1.807, 2.05) is 13.0 Å². The molecule has 0 saturated carbocycles. The van der Waals surface area contributed by atoms with Crippen molar-refractivity contribution in [3.05, 3.63) is 63.3 Å². The highest BCUT2D eigenvalue weighted by atomic mass is 35.5. The molecule has 0 aliphatic rings. The number of hydrogen-bond donors (Lipinski definition) is 0. The summed E-state index contributed by atoms with van der Waals surface area (Å²) in [5.74, 6) is -0.391. The topological polar surface area (TPSA) is 65.7 Å². The fourth-order valence-electron chi connectivity index (χ4n) is 2.57. The molecule has 3 rings (SSSR count). The van der Waals surface area contributed by atoms with E-state index in [1.165, 1.54) is 14.0 Å². The molecule has 2 aromatic carbocycles. The molecule has 0 radical (unpaired) electrons. The molecule has 1 unspecified atom stereocenters. The highest BCUT2D eigenvalue weighted by Gasteiger charge is 2.23. The molecule has 134 valence electrons. The lowest BCUT2D eigenvalue weighted by atomic mass is 10.1. The number of carbonyl (C=O) groups is 1. The van der Waals surface area contributed by atoms with Gasteiger partial charge in [0.25, 0.3) is 0 Å². The molecule has 0 bridgehead atoms. The molecule has 3 aromatic rings. The molecule has 0 spiro atoms. The number of carbonyl (C=O) groups excluding carboxylic acids is 1. The smallest absolute Gasteiger partial charge is 0.346 e. The van der Waals surface area contributed by atoms with E-state index < -0.39 is 12.1 Å². The molecule has 6 heteroatoms. The largest absolute Gasteiger partial charge is 0.471 e. The lowest BCUT2D eigenvalue weighted by Gasteiger charge is -2.15. The molecule has 5 nitrogen and oxygen atoms in total. The van der Waals surface area contributed by atoms with Crippen molar-refractivity contribution >= 4 is 28.5 Å². The number of ether oxygens (including phenoxy) is 2. The maximum Gasteiger partial charge on any atom is 0.346 e. The summed E-state index contributed by atoms with van der Waals surface area (Å²) in [6, 6.07) is 12.1. The van der Waals surface area contributed by atoms with E-state index in [9.17, 15) is 9.59 Å². The molecule has 0 fully saturated rings. The average molecular weight is 373 g/mol. The van der Waals surface area contributed by atoms with Gasteiger partial charge in [-0.2, -0.15) is 0 Å². The molecule has 0 aliphatic heterocycles. The zero-order valence-electron chi connectivity index (χ0n) is 14.5. The summed E-state index contributed by atoms with van der Waals surface area (Å²) in [5.41, 5.74) is 1.66. The van der Waals surface area contributed by atoms with Crippen molar-refractivity contribution in [1.82, 2.24) is 0 Å². The summed E-state index contributed by atoms with van der Waals surface area (Å²) in [6.45, 7) is 3.42. The lowest BCUT2D eigenvalue weighted by Crippen LogP contribution is -2.27. The van der Waals surface area contributed by atoms with Gasteiger partial charge in [0.1, 0.15) is 5.58 Å². The van der Waals surface area contributed by atoms with Gasteiger partial charge in [0.05, 0.1) is 12.5 Å². The number of benzene rings is 2. The molecule has 0 N–H and O–H groups in total. The Hall–Kier alpha value is -2.79. The number of aryl methyl sites for hydroxylation is 1. The van der Waals surface area contributed by atoms with E-state index in [1.54, 1.807) is 36.4 Å². The van der Waals surface area contributed by atoms with Crippen LogP contribution in [0.25, 0.3) is 22.3 Å². The monoisotopic (exact) mass is 372 g/mol. The molecule has 26 heavy (non-hydrogen) atoms. The first-order chi connectivity index (χ1) is 12.4. The van der Waals surface area contributed by atoms with Crippen molar-refractivity contribution in [3.8, 4) is 17.1 Å².